The molecule has 0 radical (unpaired) electrons. The number of hydrogen-bond acceptors (Lipinski definition) is 8. The fourth-order valence-corrected chi connectivity index (χ4v) is 3.70. The summed E-state index contributed by atoms with van der Waals surface area (Å²) < 4.78 is 28.3. The molecule has 1 aliphatic rings. The Kier molecular flexibility index (Phi) is 4.03. The van der Waals surface area contributed by atoms with Gasteiger partial charge in [-0.2, -0.15) is 15.0 Å². The number of nitrogens with one attached hydrogen (secondary N) is 2. The first-order chi connectivity index (χ1) is 9.05. The standard InChI is InChI=1S/C10H17N5O3S/c1-11-8-13-9(15-10(14-8)18-2)12-6-7-4-3-5-19(7,16)17/h7H,3-6H2,1-2H3,(H2,11,12,13,14,15). The third-order valence-electron chi connectivity index (χ3n) is 2.97. The van der Waals surface area contributed by atoms with Crippen LogP contribution in [-0.2, 0) is 9.84 Å². The van der Waals surface area contributed by atoms with Crippen LogP contribution in [0.25, 0.3) is 0 Å². The quantitative estimate of drug-likeness (QED) is 0.774. The Balaban J connectivity index is 2.07. The molecule has 1 atom stereocenters. The number of hydrogen-bond donors (Lipinski definition) is 2. The van der Waals surface area contributed by atoms with Crippen LogP contribution < -0.4 is 15.4 Å². The number of aromatic nitrogens is 3. The largest absolute Gasteiger partial charge is 0.467 e. The Morgan fingerprint density at radius 2 is 2.05 bits per heavy atom. The number of methoxy groups -OCH3 is 1. The summed E-state index contributed by atoms with van der Waals surface area (Å²) in [5, 5.41) is 5.35. The van der Waals surface area contributed by atoms with Crippen molar-refractivity contribution >= 4 is 21.7 Å². The molecule has 0 saturated carbocycles. The van der Waals surface area contributed by atoms with Gasteiger partial charge in [-0.3, -0.25) is 0 Å². The lowest BCUT2D eigenvalue weighted by Gasteiger charge is -2.11. The van der Waals surface area contributed by atoms with Gasteiger partial charge >= 0.3 is 6.01 Å². The van der Waals surface area contributed by atoms with Gasteiger partial charge in [0.1, 0.15) is 0 Å². The van der Waals surface area contributed by atoms with Gasteiger partial charge in [0, 0.05) is 13.6 Å². The van der Waals surface area contributed by atoms with E-state index in [1.165, 1.54) is 7.11 Å². The lowest BCUT2D eigenvalue weighted by atomic mass is 10.2. The summed E-state index contributed by atoms with van der Waals surface area (Å²) in [4.78, 5) is 12.1. The molecule has 0 aliphatic carbocycles. The van der Waals surface area contributed by atoms with E-state index in [9.17, 15) is 8.42 Å². The number of sulfone groups is 1. The van der Waals surface area contributed by atoms with Gasteiger partial charge in [-0.05, 0) is 12.8 Å². The molecule has 1 unspecified atom stereocenters. The maximum atomic E-state index is 11.7. The summed E-state index contributed by atoms with van der Waals surface area (Å²) in [6.45, 7) is 0.304. The van der Waals surface area contributed by atoms with E-state index in [1.807, 2.05) is 0 Å². The van der Waals surface area contributed by atoms with Crippen LogP contribution in [0.15, 0.2) is 0 Å². The molecule has 19 heavy (non-hydrogen) atoms. The first-order valence-electron chi connectivity index (χ1n) is 5.98. The number of rotatable bonds is 5. The van der Waals surface area contributed by atoms with Crippen LogP contribution in [0.4, 0.5) is 11.9 Å². The molecule has 1 aliphatic heterocycles. The highest BCUT2D eigenvalue weighted by Crippen LogP contribution is 2.20. The van der Waals surface area contributed by atoms with Crippen molar-refractivity contribution < 1.29 is 13.2 Å². The van der Waals surface area contributed by atoms with Gasteiger partial charge in [-0.1, -0.05) is 0 Å². The van der Waals surface area contributed by atoms with Crippen LogP contribution in [0.2, 0.25) is 0 Å². The lowest BCUT2D eigenvalue weighted by Crippen LogP contribution is -2.26. The van der Waals surface area contributed by atoms with Gasteiger partial charge in [-0.15, -0.1) is 0 Å². The topological polar surface area (TPSA) is 106 Å². The smallest absolute Gasteiger partial charge is 0.322 e. The SMILES string of the molecule is CNc1nc(NCC2CCCS2(=O)=O)nc(OC)n1. The van der Waals surface area contributed by atoms with Crippen molar-refractivity contribution in [2.24, 2.45) is 0 Å². The van der Waals surface area contributed by atoms with Crippen LogP contribution in [0, 0.1) is 0 Å². The zero-order valence-corrected chi connectivity index (χ0v) is 11.7. The van der Waals surface area contributed by atoms with E-state index in [1.54, 1.807) is 7.05 Å². The molecule has 1 aromatic heterocycles. The van der Waals surface area contributed by atoms with E-state index >= 15 is 0 Å². The molecule has 8 nitrogen and oxygen atoms in total. The summed E-state index contributed by atoms with van der Waals surface area (Å²) >= 11 is 0. The minimum atomic E-state index is -2.97. The average molecular weight is 287 g/mol. The maximum Gasteiger partial charge on any atom is 0.322 e. The summed E-state index contributed by atoms with van der Waals surface area (Å²) in [7, 11) is 0.170. The van der Waals surface area contributed by atoms with Crippen LogP contribution in [0.5, 0.6) is 6.01 Å². The third kappa shape index (κ3) is 3.22. The van der Waals surface area contributed by atoms with Crippen molar-refractivity contribution in [1.29, 1.82) is 0 Å². The van der Waals surface area contributed by atoms with Crippen molar-refractivity contribution in [2.75, 3.05) is 37.1 Å². The average Bonchev–Trinajstić information content (AvgIpc) is 2.74. The minimum Gasteiger partial charge on any atom is -0.467 e. The molecule has 0 spiro atoms. The Morgan fingerprint density at radius 1 is 1.32 bits per heavy atom. The number of ether oxygens (including phenoxy) is 1. The fraction of sp³-hybridized carbons (Fsp3) is 0.700. The van der Waals surface area contributed by atoms with E-state index in [2.05, 4.69) is 25.6 Å². The Labute approximate surface area is 111 Å². The van der Waals surface area contributed by atoms with E-state index < -0.39 is 9.84 Å². The Bertz CT molecular complexity index is 526. The predicted octanol–water partition coefficient (Wildman–Crippen LogP) is -0.0890. The second kappa shape index (κ2) is 5.55. The highest BCUT2D eigenvalue weighted by atomic mass is 32.2. The number of anilines is 2. The van der Waals surface area contributed by atoms with Crippen LogP contribution in [-0.4, -0.2) is 55.1 Å². The summed E-state index contributed by atoms with van der Waals surface area (Å²) in [6.07, 6.45) is 1.40. The van der Waals surface area contributed by atoms with E-state index in [0.29, 0.717) is 24.9 Å². The molecule has 9 heteroatoms. The minimum absolute atomic E-state index is 0.177. The second-order valence-electron chi connectivity index (χ2n) is 4.23. The van der Waals surface area contributed by atoms with Gasteiger partial charge in [0.05, 0.1) is 18.1 Å². The van der Waals surface area contributed by atoms with Gasteiger partial charge in [0.25, 0.3) is 0 Å². The van der Waals surface area contributed by atoms with Crippen molar-refractivity contribution in [3.05, 3.63) is 0 Å². The molecule has 1 fully saturated rings. The molecule has 2 N–H and O–H groups in total. The molecule has 0 amide bonds. The third-order valence-corrected chi connectivity index (χ3v) is 5.25. The van der Waals surface area contributed by atoms with Gasteiger partial charge in [-0.25, -0.2) is 8.42 Å². The van der Waals surface area contributed by atoms with Crippen molar-refractivity contribution in [3.8, 4) is 6.01 Å². The molecular weight excluding hydrogens is 270 g/mol. The molecule has 1 aromatic rings. The van der Waals surface area contributed by atoms with Gasteiger partial charge in [0.15, 0.2) is 9.84 Å². The van der Waals surface area contributed by atoms with Gasteiger partial charge < -0.3 is 15.4 Å². The van der Waals surface area contributed by atoms with Crippen molar-refractivity contribution in [2.45, 2.75) is 18.1 Å². The van der Waals surface area contributed by atoms with Crippen molar-refractivity contribution in [3.63, 3.8) is 0 Å². The molecule has 106 valence electrons. The molecule has 1 saturated heterocycles. The lowest BCUT2D eigenvalue weighted by molar-refractivity contribution is 0.379. The summed E-state index contributed by atoms with van der Waals surface area (Å²) in [5.41, 5.74) is 0. The first kappa shape index (κ1) is 13.8. The predicted molar refractivity (Wildman–Crippen MR) is 71.2 cm³/mol. The maximum absolute atomic E-state index is 11.7. The van der Waals surface area contributed by atoms with Crippen LogP contribution in [0.1, 0.15) is 12.8 Å². The zero-order valence-electron chi connectivity index (χ0n) is 10.9. The second-order valence-corrected chi connectivity index (χ2v) is 6.63. The molecule has 2 rings (SSSR count). The number of nitrogens with zero attached hydrogens (tertiary/aromatic N) is 3. The molecule has 0 bridgehead atoms. The van der Waals surface area contributed by atoms with E-state index in [-0.39, 0.29) is 17.0 Å². The first-order valence-corrected chi connectivity index (χ1v) is 7.70. The highest BCUT2D eigenvalue weighted by molar-refractivity contribution is 7.92. The monoisotopic (exact) mass is 287 g/mol. The Morgan fingerprint density at radius 3 is 2.63 bits per heavy atom. The van der Waals surface area contributed by atoms with E-state index in [0.717, 1.165) is 6.42 Å². The van der Waals surface area contributed by atoms with Crippen LogP contribution in [0.3, 0.4) is 0 Å². The molecule has 2 heterocycles. The Hall–Kier alpha value is -1.64. The fourth-order valence-electron chi connectivity index (χ4n) is 1.93. The van der Waals surface area contributed by atoms with E-state index in [4.69, 9.17) is 4.74 Å². The highest BCUT2D eigenvalue weighted by Gasteiger charge is 2.31. The summed E-state index contributed by atoms with van der Waals surface area (Å²) in [6, 6.07) is 0.177. The molecular formula is C10H17N5O3S. The normalized spacial score (nSPS) is 21.1. The van der Waals surface area contributed by atoms with Gasteiger partial charge in [0.2, 0.25) is 11.9 Å². The molecule has 0 aromatic carbocycles. The van der Waals surface area contributed by atoms with Crippen molar-refractivity contribution in [1.82, 2.24) is 15.0 Å². The summed E-state index contributed by atoms with van der Waals surface area (Å²) in [5.74, 6) is 0.934. The van der Waals surface area contributed by atoms with Crippen LogP contribution >= 0.6 is 0 Å². The zero-order chi connectivity index (χ0) is 13.9.